The first-order valence-corrected chi connectivity index (χ1v) is 8.09. The van der Waals surface area contributed by atoms with E-state index < -0.39 is 5.97 Å². The topological polar surface area (TPSA) is 76.7 Å². The number of carboxylic acid groups (broad SMARTS) is 1. The highest BCUT2D eigenvalue weighted by atomic mass is 19.1. The maximum atomic E-state index is 13.3. The summed E-state index contributed by atoms with van der Waals surface area (Å²) in [4.78, 5) is 15.8. The van der Waals surface area contributed by atoms with E-state index in [4.69, 9.17) is 4.74 Å². The number of hydrogen-bond acceptors (Lipinski definition) is 4. The van der Waals surface area contributed by atoms with Gasteiger partial charge >= 0.3 is 5.97 Å². The van der Waals surface area contributed by atoms with E-state index in [0.29, 0.717) is 28.3 Å². The van der Waals surface area contributed by atoms with Crippen LogP contribution < -0.4 is 4.74 Å². The van der Waals surface area contributed by atoms with Gasteiger partial charge in [-0.2, -0.15) is 5.10 Å². The lowest BCUT2D eigenvalue weighted by Gasteiger charge is -2.10. The van der Waals surface area contributed by atoms with Gasteiger partial charge in [0.25, 0.3) is 0 Å². The fraction of sp³-hybridized carbons (Fsp3) is 0.0500. The summed E-state index contributed by atoms with van der Waals surface area (Å²) in [6.45, 7) is 0. The fourth-order valence-corrected chi connectivity index (χ4v) is 2.84. The molecule has 0 aliphatic rings. The number of aromatic nitrogens is 3. The normalized spacial score (nSPS) is 10.9. The number of carbonyl (C=O) groups is 1. The standard InChI is InChI=1S/C20H14FN3O3/c1-27-15-4-2-3-13(9-15)18-10-16(12-5-7-14(21)8-6-12)22-19-11-17(20(25)26)23-24(18)19/h2-11H,1H3,(H,25,26). The lowest BCUT2D eigenvalue weighted by atomic mass is 10.1. The largest absolute Gasteiger partial charge is 0.497 e. The minimum atomic E-state index is -1.14. The Bertz CT molecular complexity index is 1150. The number of methoxy groups -OCH3 is 1. The van der Waals surface area contributed by atoms with Gasteiger partial charge < -0.3 is 9.84 Å². The highest BCUT2D eigenvalue weighted by molar-refractivity contribution is 5.87. The number of halogens is 1. The van der Waals surface area contributed by atoms with Crippen LogP contribution in [-0.2, 0) is 0 Å². The molecule has 0 unspecified atom stereocenters. The average molecular weight is 363 g/mol. The Morgan fingerprint density at radius 2 is 1.85 bits per heavy atom. The maximum Gasteiger partial charge on any atom is 0.356 e. The van der Waals surface area contributed by atoms with Gasteiger partial charge in [0.15, 0.2) is 11.3 Å². The van der Waals surface area contributed by atoms with E-state index in [0.717, 1.165) is 5.56 Å². The highest BCUT2D eigenvalue weighted by Crippen LogP contribution is 2.28. The van der Waals surface area contributed by atoms with Crippen molar-refractivity contribution in [2.24, 2.45) is 0 Å². The Labute approximate surface area is 153 Å². The van der Waals surface area contributed by atoms with Gasteiger partial charge in [-0.1, -0.05) is 12.1 Å². The number of nitrogens with zero attached hydrogens (tertiary/aromatic N) is 3. The number of carboxylic acids is 1. The molecule has 0 atom stereocenters. The first-order chi connectivity index (χ1) is 13.0. The molecular formula is C20H14FN3O3. The average Bonchev–Trinajstić information content (AvgIpc) is 3.12. The molecule has 2 aromatic heterocycles. The number of aromatic carboxylic acids is 1. The molecule has 27 heavy (non-hydrogen) atoms. The lowest BCUT2D eigenvalue weighted by molar-refractivity contribution is 0.0690. The molecule has 2 heterocycles. The van der Waals surface area contributed by atoms with Gasteiger partial charge in [-0.15, -0.1) is 0 Å². The molecular weight excluding hydrogens is 349 g/mol. The Hall–Kier alpha value is -3.74. The van der Waals surface area contributed by atoms with Crippen molar-refractivity contribution in [1.82, 2.24) is 14.6 Å². The van der Waals surface area contributed by atoms with E-state index in [2.05, 4.69) is 10.1 Å². The molecule has 0 aliphatic heterocycles. The van der Waals surface area contributed by atoms with Crippen molar-refractivity contribution >= 4 is 11.6 Å². The molecule has 7 heteroatoms. The molecule has 4 rings (SSSR count). The van der Waals surface area contributed by atoms with Gasteiger partial charge in [0, 0.05) is 17.2 Å². The molecule has 6 nitrogen and oxygen atoms in total. The number of benzene rings is 2. The maximum absolute atomic E-state index is 13.3. The predicted octanol–water partition coefficient (Wildman–Crippen LogP) is 3.91. The first-order valence-electron chi connectivity index (χ1n) is 8.09. The van der Waals surface area contributed by atoms with Crippen molar-refractivity contribution in [2.75, 3.05) is 7.11 Å². The van der Waals surface area contributed by atoms with Crippen LogP contribution in [0.2, 0.25) is 0 Å². The van der Waals surface area contributed by atoms with E-state index in [9.17, 15) is 14.3 Å². The van der Waals surface area contributed by atoms with Gasteiger partial charge in [-0.05, 0) is 42.5 Å². The quantitative estimate of drug-likeness (QED) is 0.595. The van der Waals surface area contributed by atoms with Crippen molar-refractivity contribution < 1.29 is 19.0 Å². The molecule has 0 saturated carbocycles. The van der Waals surface area contributed by atoms with Crippen LogP contribution in [0.5, 0.6) is 5.75 Å². The Balaban J connectivity index is 1.98. The zero-order valence-electron chi connectivity index (χ0n) is 14.3. The van der Waals surface area contributed by atoms with Crippen LogP contribution in [0.1, 0.15) is 10.5 Å². The summed E-state index contributed by atoms with van der Waals surface area (Å²) in [7, 11) is 1.57. The monoisotopic (exact) mass is 363 g/mol. The molecule has 0 bridgehead atoms. The summed E-state index contributed by atoms with van der Waals surface area (Å²) in [5, 5.41) is 13.4. The van der Waals surface area contributed by atoms with Gasteiger partial charge in [-0.25, -0.2) is 18.7 Å². The van der Waals surface area contributed by atoms with Crippen LogP contribution in [0.3, 0.4) is 0 Å². The second-order valence-electron chi connectivity index (χ2n) is 5.87. The fourth-order valence-electron chi connectivity index (χ4n) is 2.84. The smallest absolute Gasteiger partial charge is 0.356 e. The molecule has 1 N–H and O–H groups in total. The van der Waals surface area contributed by atoms with Crippen LogP contribution >= 0.6 is 0 Å². The second kappa shape index (κ2) is 6.53. The van der Waals surface area contributed by atoms with Crippen molar-refractivity contribution in [1.29, 1.82) is 0 Å². The third kappa shape index (κ3) is 3.10. The van der Waals surface area contributed by atoms with Crippen LogP contribution in [0, 0.1) is 5.82 Å². The Morgan fingerprint density at radius 3 is 2.56 bits per heavy atom. The van der Waals surface area contributed by atoms with Crippen LogP contribution in [-0.4, -0.2) is 32.8 Å². The summed E-state index contributed by atoms with van der Waals surface area (Å²) in [6, 6.07) is 16.5. The number of fused-ring (bicyclic) bond motifs is 1. The van der Waals surface area contributed by atoms with Gasteiger partial charge in [0.05, 0.1) is 18.5 Å². The van der Waals surface area contributed by atoms with Gasteiger partial charge in [-0.3, -0.25) is 0 Å². The zero-order chi connectivity index (χ0) is 19.0. The molecule has 0 saturated heterocycles. The second-order valence-corrected chi connectivity index (χ2v) is 5.87. The summed E-state index contributed by atoms with van der Waals surface area (Å²) in [5.41, 5.74) is 2.99. The Kier molecular flexibility index (Phi) is 4.04. The number of hydrogen-bond donors (Lipinski definition) is 1. The number of rotatable bonds is 4. The molecule has 0 radical (unpaired) electrons. The van der Waals surface area contributed by atoms with Gasteiger partial charge in [0.1, 0.15) is 11.6 Å². The summed E-state index contributed by atoms with van der Waals surface area (Å²) >= 11 is 0. The minimum absolute atomic E-state index is 0.108. The third-order valence-electron chi connectivity index (χ3n) is 4.15. The molecule has 4 aromatic rings. The van der Waals surface area contributed by atoms with Crippen LogP contribution in [0.15, 0.2) is 60.7 Å². The van der Waals surface area contributed by atoms with Crippen LogP contribution in [0.4, 0.5) is 4.39 Å². The summed E-state index contributed by atoms with van der Waals surface area (Å²) in [6.07, 6.45) is 0. The first kappa shape index (κ1) is 16.7. The Morgan fingerprint density at radius 1 is 1.07 bits per heavy atom. The summed E-state index contributed by atoms with van der Waals surface area (Å²) < 4.78 is 20.0. The van der Waals surface area contributed by atoms with Gasteiger partial charge in [0.2, 0.25) is 0 Å². The molecule has 0 spiro atoms. The minimum Gasteiger partial charge on any atom is -0.497 e. The summed E-state index contributed by atoms with van der Waals surface area (Å²) in [5.74, 6) is -0.822. The lowest BCUT2D eigenvalue weighted by Crippen LogP contribution is -2.01. The molecule has 0 aliphatic carbocycles. The highest BCUT2D eigenvalue weighted by Gasteiger charge is 2.16. The zero-order valence-corrected chi connectivity index (χ0v) is 14.3. The van der Waals surface area contributed by atoms with Crippen molar-refractivity contribution in [3.63, 3.8) is 0 Å². The molecule has 0 fully saturated rings. The molecule has 0 amide bonds. The van der Waals surface area contributed by atoms with E-state index in [1.807, 2.05) is 24.3 Å². The van der Waals surface area contributed by atoms with E-state index in [1.54, 1.807) is 25.3 Å². The SMILES string of the molecule is COc1cccc(-c2cc(-c3ccc(F)cc3)nc3cc(C(=O)O)nn23)c1. The van der Waals surface area contributed by atoms with Crippen molar-refractivity contribution in [3.05, 3.63) is 72.2 Å². The number of ether oxygens (including phenoxy) is 1. The third-order valence-corrected chi connectivity index (χ3v) is 4.15. The van der Waals surface area contributed by atoms with E-state index in [1.165, 1.54) is 22.7 Å². The van der Waals surface area contributed by atoms with Crippen molar-refractivity contribution in [2.45, 2.75) is 0 Å². The van der Waals surface area contributed by atoms with Crippen molar-refractivity contribution in [3.8, 4) is 28.3 Å². The predicted molar refractivity (Wildman–Crippen MR) is 97.3 cm³/mol. The van der Waals surface area contributed by atoms with E-state index >= 15 is 0 Å². The van der Waals surface area contributed by atoms with E-state index in [-0.39, 0.29) is 11.5 Å². The molecule has 134 valence electrons. The molecule has 2 aromatic carbocycles. The van der Waals surface area contributed by atoms with Crippen LogP contribution in [0.25, 0.3) is 28.2 Å².